The highest BCUT2D eigenvalue weighted by Gasteiger charge is 2.19. The highest BCUT2D eigenvalue weighted by molar-refractivity contribution is 14.1. The van der Waals surface area contributed by atoms with Crippen LogP contribution in [0.5, 0.6) is 0 Å². The highest BCUT2D eigenvalue weighted by atomic mass is 127. The van der Waals surface area contributed by atoms with Gasteiger partial charge in [-0.1, -0.05) is 28.7 Å². The van der Waals surface area contributed by atoms with Crippen molar-refractivity contribution >= 4 is 28.6 Å². The zero-order valence-corrected chi connectivity index (χ0v) is 10.1. The van der Waals surface area contributed by atoms with Crippen molar-refractivity contribution in [1.29, 1.82) is 0 Å². The lowest BCUT2D eigenvalue weighted by atomic mass is 10.1. The molecular formula is C9H15IO2. The molecule has 0 spiro atoms. The predicted molar refractivity (Wildman–Crippen MR) is 58.2 cm³/mol. The van der Waals surface area contributed by atoms with E-state index < -0.39 is 0 Å². The minimum atomic E-state index is -0.384. The maximum atomic E-state index is 11.3. The summed E-state index contributed by atoms with van der Waals surface area (Å²) in [5.74, 6) is -0.323. The van der Waals surface area contributed by atoms with E-state index in [0.29, 0.717) is 0 Å². The molecule has 0 aromatic rings. The summed E-state index contributed by atoms with van der Waals surface area (Å²) in [7, 11) is 0. The van der Waals surface area contributed by atoms with Crippen molar-refractivity contribution in [3.05, 3.63) is 10.2 Å². The standard InChI is InChI=1S/C9H15IO2/c1-7(5-6-10)8(11)12-9(2,3)4/h5-7H,1-4H3/b6-5-/t7-/m1/s1. The molecule has 0 radical (unpaired) electrons. The molecule has 0 aromatic carbocycles. The van der Waals surface area contributed by atoms with Crippen LogP contribution < -0.4 is 0 Å². The van der Waals surface area contributed by atoms with Gasteiger partial charge in [0.1, 0.15) is 5.60 Å². The van der Waals surface area contributed by atoms with Gasteiger partial charge in [0, 0.05) is 0 Å². The van der Waals surface area contributed by atoms with Crippen molar-refractivity contribution in [3.63, 3.8) is 0 Å². The molecule has 0 aromatic heterocycles. The summed E-state index contributed by atoms with van der Waals surface area (Å²) in [6, 6.07) is 0. The van der Waals surface area contributed by atoms with Gasteiger partial charge in [0.15, 0.2) is 0 Å². The van der Waals surface area contributed by atoms with Crippen LogP contribution in [0.3, 0.4) is 0 Å². The summed E-state index contributed by atoms with van der Waals surface area (Å²) in [6.45, 7) is 7.42. The quantitative estimate of drug-likeness (QED) is 0.575. The van der Waals surface area contributed by atoms with Crippen molar-refractivity contribution < 1.29 is 9.53 Å². The monoisotopic (exact) mass is 282 g/mol. The Kier molecular flexibility index (Phi) is 4.82. The molecule has 0 aliphatic heterocycles. The Hall–Kier alpha value is -0.0600. The molecule has 0 saturated carbocycles. The van der Waals surface area contributed by atoms with Gasteiger partial charge in [0.25, 0.3) is 0 Å². The molecule has 0 heterocycles. The van der Waals surface area contributed by atoms with Crippen LogP contribution in [0.2, 0.25) is 0 Å². The van der Waals surface area contributed by atoms with Gasteiger partial charge in [-0.05, 0) is 31.8 Å². The van der Waals surface area contributed by atoms with Crippen molar-refractivity contribution in [2.45, 2.75) is 33.3 Å². The summed E-state index contributed by atoms with van der Waals surface area (Å²) in [5, 5.41) is 0. The molecule has 0 N–H and O–H groups in total. The Labute approximate surface area is 87.5 Å². The fourth-order valence-electron chi connectivity index (χ4n) is 0.582. The second-order valence-corrected chi connectivity index (χ2v) is 4.36. The lowest BCUT2D eigenvalue weighted by molar-refractivity contribution is -0.157. The molecule has 0 unspecified atom stereocenters. The van der Waals surface area contributed by atoms with E-state index in [1.165, 1.54) is 0 Å². The fourth-order valence-corrected chi connectivity index (χ4v) is 1.21. The molecule has 0 aliphatic rings. The van der Waals surface area contributed by atoms with Crippen molar-refractivity contribution in [2.24, 2.45) is 5.92 Å². The van der Waals surface area contributed by atoms with E-state index in [-0.39, 0.29) is 17.5 Å². The average molecular weight is 282 g/mol. The Balaban J connectivity index is 4.05. The number of hydrogen-bond donors (Lipinski definition) is 0. The van der Waals surface area contributed by atoms with E-state index in [1.807, 2.05) is 37.9 Å². The molecule has 12 heavy (non-hydrogen) atoms. The molecule has 0 bridgehead atoms. The minimum Gasteiger partial charge on any atom is -0.460 e. The zero-order valence-electron chi connectivity index (χ0n) is 7.93. The predicted octanol–water partition coefficient (Wildman–Crippen LogP) is 2.91. The first-order valence-electron chi connectivity index (χ1n) is 3.86. The first-order valence-corrected chi connectivity index (χ1v) is 5.11. The van der Waals surface area contributed by atoms with Gasteiger partial charge in [0.2, 0.25) is 0 Å². The number of hydrogen-bond acceptors (Lipinski definition) is 2. The van der Waals surface area contributed by atoms with Crippen LogP contribution in [0.15, 0.2) is 10.2 Å². The topological polar surface area (TPSA) is 26.3 Å². The fraction of sp³-hybridized carbons (Fsp3) is 0.667. The second kappa shape index (κ2) is 4.84. The molecule has 2 nitrogen and oxygen atoms in total. The Morgan fingerprint density at radius 2 is 2.00 bits per heavy atom. The van der Waals surface area contributed by atoms with Gasteiger partial charge in [-0.25, -0.2) is 0 Å². The normalized spacial score (nSPS) is 14.8. The number of ether oxygens (including phenoxy) is 1. The van der Waals surface area contributed by atoms with Crippen molar-refractivity contribution in [2.75, 3.05) is 0 Å². The van der Waals surface area contributed by atoms with E-state index in [2.05, 4.69) is 22.6 Å². The van der Waals surface area contributed by atoms with Crippen LogP contribution in [-0.4, -0.2) is 11.6 Å². The van der Waals surface area contributed by atoms with E-state index in [9.17, 15) is 4.79 Å². The molecule has 1 atom stereocenters. The van der Waals surface area contributed by atoms with Gasteiger partial charge < -0.3 is 4.74 Å². The van der Waals surface area contributed by atoms with E-state index in [0.717, 1.165) is 0 Å². The maximum Gasteiger partial charge on any atom is 0.313 e. The number of esters is 1. The molecule has 0 saturated heterocycles. The largest absolute Gasteiger partial charge is 0.460 e. The maximum absolute atomic E-state index is 11.3. The SMILES string of the molecule is C[C@H](/C=C\I)C(=O)OC(C)(C)C. The molecule has 3 heteroatoms. The van der Waals surface area contributed by atoms with Crippen LogP contribution in [0.25, 0.3) is 0 Å². The summed E-state index contributed by atoms with van der Waals surface area (Å²) in [6.07, 6.45) is 1.81. The number of rotatable bonds is 2. The molecule has 0 fully saturated rings. The van der Waals surface area contributed by atoms with Crippen LogP contribution in [0, 0.1) is 5.92 Å². The summed E-state index contributed by atoms with van der Waals surface area (Å²) in [5.41, 5.74) is -0.384. The van der Waals surface area contributed by atoms with Gasteiger partial charge in [0.05, 0.1) is 5.92 Å². The van der Waals surface area contributed by atoms with Crippen LogP contribution >= 0.6 is 22.6 Å². The Morgan fingerprint density at radius 3 is 2.33 bits per heavy atom. The summed E-state index contributed by atoms with van der Waals surface area (Å²) >= 11 is 2.08. The van der Waals surface area contributed by atoms with Crippen molar-refractivity contribution in [1.82, 2.24) is 0 Å². The lowest BCUT2D eigenvalue weighted by Gasteiger charge is -2.20. The molecular weight excluding hydrogens is 267 g/mol. The van der Waals surface area contributed by atoms with E-state index >= 15 is 0 Å². The first-order chi connectivity index (χ1) is 5.37. The third-order valence-corrected chi connectivity index (χ3v) is 1.56. The lowest BCUT2D eigenvalue weighted by Crippen LogP contribution is -2.26. The third-order valence-electron chi connectivity index (χ3n) is 1.14. The van der Waals surface area contributed by atoms with Crippen LogP contribution in [-0.2, 0) is 9.53 Å². The van der Waals surface area contributed by atoms with Gasteiger partial charge in [-0.2, -0.15) is 0 Å². The third kappa shape index (κ3) is 5.57. The number of halogens is 1. The molecule has 0 aliphatic carbocycles. The average Bonchev–Trinajstić information content (AvgIpc) is 1.84. The van der Waals surface area contributed by atoms with Crippen LogP contribution in [0.1, 0.15) is 27.7 Å². The molecule has 70 valence electrons. The van der Waals surface area contributed by atoms with Gasteiger partial charge in [-0.3, -0.25) is 4.79 Å². The summed E-state index contributed by atoms with van der Waals surface area (Å²) < 4.78 is 6.98. The minimum absolute atomic E-state index is 0.152. The molecule has 0 amide bonds. The first kappa shape index (κ1) is 11.9. The highest BCUT2D eigenvalue weighted by Crippen LogP contribution is 2.12. The Morgan fingerprint density at radius 1 is 1.50 bits per heavy atom. The van der Waals surface area contributed by atoms with E-state index in [1.54, 1.807) is 0 Å². The number of carbonyl (C=O) groups excluding carboxylic acids is 1. The summed E-state index contributed by atoms with van der Waals surface area (Å²) in [4.78, 5) is 11.3. The Bertz CT molecular complexity index is 179. The van der Waals surface area contributed by atoms with Crippen LogP contribution in [0.4, 0.5) is 0 Å². The number of carbonyl (C=O) groups is 1. The zero-order chi connectivity index (χ0) is 9.78. The molecule has 0 rings (SSSR count). The van der Waals surface area contributed by atoms with Crippen molar-refractivity contribution in [3.8, 4) is 0 Å². The second-order valence-electron chi connectivity index (χ2n) is 3.64. The smallest absolute Gasteiger partial charge is 0.313 e. The van der Waals surface area contributed by atoms with Gasteiger partial charge >= 0.3 is 5.97 Å². The van der Waals surface area contributed by atoms with E-state index in [4.69, 9.17) is 4.74 Å². The van der Waals surface area contributed by atoms with Gasteiger partial charge in [-0.15, -0.1) is 0 Å².